The molecule has 0 radical (unpaired) electrons. The third-order valence-electron chi connectivity index (χ3n) is 4.97. The maximum absolute atomic E-state index is 13.4. The number of benzene rings is 1. The molecule has 2 aliphatic rings. The third kappa shape index (κ3) is 4.28. The monoisotopic (exact) mass is 366 g/mol. The molecule has 0 aromatic heterocycles. The van der Waals surface area contributed by atoms with E-state index in [1.54, 1.807) is 0 Å². The van der Waals surface area contributed by atoms with Gasteiger partial charge in [-0.3, -0.25) is 4.79 Å². The van der Waals surface area contributed by atoms with E-state index in [2.05, 4.69) is 5.32 Å². The second kappa shape index (κ2) is 7.96. The summed E-state index contributed by atoms with van der Waals surface area (Å²) < 4.78 is 40.1. The largest absolute Gasteiger partial charge is 0.371 e. The van der Waals surface area contributed by atoms with Crippen LogP contribution in [-0.2, 0) is 4.79 Å². The van der Waals surface area contributed by atoms with Crippen LogP contribution in [0.5, 0.6) is 0 Å². The molecule has 3 rings (SSSR count). The van der Waals surface area contributed by atoms with Crippen LogP contribution in [0, 0.1) is 23.0 Å². The molecule has 2 unspecified atom stereocenters. The molecule has 0 bridgehead atoms. The fraction of sp³-hybridized carbons (Fsp3) is 0.556. The number of hydrogen-bond donors (Lipinski definition) is 1. The average Bonchev–Trinajstić information content (AvgIpc) is 3.00. The van der Waals surface area contributed by atoms with Crippen molar-refractivity contribution in [3.8, 4) is 6.07 Å². The highest BCUT2D eigenvalue weighted by Gasteiger charge is 2.35. The second-order valence-electron chi connectivity index (χ2n) is 6.79. The van der Waals surface area contributed by atoms with Gasteiger partial charge in [-0.05, 0) is 25.0 Å². The van der Waals surface area contributed by atoms with Crippen LogP contribution >= 0.6 is 0 Å². The van der Waals surface area contributed by atoms with E-state index < -0.39 is 23.8 Å². The lowest BCUT2D eigenvalue weighted by atomic mass is 10.0. The molecule has 1 aromatic carbocycles. The molecule has 1 amide bonds. The summed E-state index contributed by atoms with van der Waals surface area (Å²) in [5.41, 5.74) is 0.514. The zero-order valence-corrected chi connectivity index (χ0v) is 14.3. The van der Waals surface area contributed by atoms with Crippen molar-refractivity contribution < 1.29 is 18.0 Å². The summed E-state index contributed by atoms with van der Waals surface area (Å²) in [4.78, 5) is 15.4. The van der Waals surface area contributed by atoms with Crippen LogP contribution in [0.1, 0.15) is 19.3 Å². The normalized spacial score (nSPS) is 23.9. The Bertz CT molecular complexity index is 680. The van der Waals surface area contributed by atoms with Gasteiger partial charge in [0.15, 0.2) is 0 Å². The molecular weight excluding hydrogens is 345 g/mol. The van der Waals surface area contributed by atoms with Crippen LogP contribution in [0.3, 0.4) is 0 Å². The molecule has 8 heteroatoms. The SMILES string of the molecule is N#CC1CC(F)CN1C(=O)CNC1CCN(c2cc(F)cc(F)c2)CC1. The first kappa shape index (κ1) is 18.5. The Hall–Kier alpha value is -2.27. The molecule has 5 nitrogen and oxygen atoms in total. The smallest absolute Gasteiger partial charge is 0.237 e. The molecule has 2 saturated heterocycles. The highest BCUT2D eigenvalue weighted by atomic mass is 19.1. The molecule has 2 atom stereocenters. The van der Waals surface area contributed by atoms with Gasteiger partial charge < -0.3 is 15.1 Å². The number of hydrogen-bond acceptors (Lipinski definition) is 4. The lowest BCUT2D eigenvalue weighted by molar-refractivity contribution is -0.130. The predicted octanol–water partition coefficient (Wildman–Crippen LogP) is 1.99. The van der Waals surface area contributed by atoms with Crippen molar-refractivity contribution in [2.75, 3.05) is 31.1 Å². The van der Waals surface area contributed by atoms with E-state index in [0.29, 0.717) is 18.8 Å². The number of carbonyl (C=O) groups excluding carboxylic acids is 1. The number of nitrogens with zero attached hydrogens (tertiary/aromatic N) is 3. The van der Waals surface area contributed by atoms with E-state index in [1.807, 2.05) is 11.0 Å². The summed E-state index contributed by atoms with van der Waals surface area (Å²) >= 11 is 0. The topological polar surface area (TPSA) is 59.4 Å². The lowest BCUT2D eigenvalue weighted by Crippen LogP contribution is -2.47. The van der Waals surface area contributed by atoms with Gasteiger partial charge in [-0.1, -0.05) is 0 Å². The van der Waals surface area contributed by atoms with Crippen molar-refractivity contribution in [2.45, 2.75) is 37.5 Å². The van der Waals surface area contributed by atoms with Gasteiger partial charge in [0.1, 0.15) is 23.8 Å². The van der Waals surface area contributed by atoms with Crippen LogP contribution < -0.4 is 10.2 Å². The first-order valence-corrected chi connectivity index (χ1v) is 8.74. The number of nitrogens with one attached hydrogen (secondary N) is 1. The zero-order valence-electron chi connectivity index (χ0n) is 14.3. The molecule has 2 fully saturated rings. The Morgan fingerprint density at radius 1 is 1.23 bits per heavy atom. The Morgan fingerprint density at radius 3 is 2.50 bits per heavy atom. The van der Waals surface area contributed by atoms with Gasteiger partial charge in [-0.2, -0.15) is 5.26 Å². The number of alkyl halides is 1. The summed E-state index contributed by atoms with van der Waals surface area (Å²) in [6.45, 7) is 1.27. The first-order valence-electron chi connectivity index (χ1n) is 8.74. The second-order valence-corrected chi connectivity index (χ2v) is 6.79. The molecular formula is C18H21F3N4O. The van der Waals surface area contributed by atoms with Gasteiger partial charge in [-0.25, -0.2) is 13.2 Å². The van der Waals surface area contributed by atoms with E-state index in [9.17, 15) is 18.0 Å². The number of piperidine rings is 1. The van der Waals surface area contributed by atoms with Crippen LogP contribution in [0.2, 0.25) is 0 Å². The molecule has 2 aliphatic heterocycles. The highest BCUT2D eigenvalue weighted by molar-refractivity contribution is 5.79. The Balaban J connectivity index is 1.47. The van der Waals surface area contributed by atoms with Crippen LogP contribution in [0.15, 0.2) is 18.2 Å². The molecule has 1 N–H and O–H groups in total. The van der Waals surface area contributed by atoms with Crippen molar-refractivity contribution in [3.63, 3.8) is 0 Å². The summed E-state index contributed by atoms with van der Waals surface area (Å²) in [6.07, 6.45) is 0.376. The predicted molar refractivity (Wildman–Crippen MR) is 90.2 cm³/mol. The summed E-state index contributed by atoms with van der Waals surface area (Å²) in [6, 6.07) is 4.83. The Labute approximate surface area is 150 Å². The third-order valence-corrected chi connectivity index (χ3v) is 4.97. The molecule has 0 saturated carbocycles. The van der Waals surface area contributed by atoms with Gasteiger partial charge in [0.25, 0.3) is 0 Å². The minimum absolute atomic E-state index is 0.0255. The highest BCUT2D eigenvalue weighted by Crippen LogP contribution is 2.23. The first-order chi connectivity index (χ1) is 12.5. The number of rotatable bonds is 4. The van der Waals surface area contributed by atoms with E-state index in [1.165, 1.54) is 17.0 Å². The number of likely N-dealkylation sites (tertiary alicyclic amines) is 1. The lowest BCUT2D eigenvalue weighted by Gasteiger charge is -2.34. The van der Waals surface area contributed by atoms with Crippen molar-refractivity contribution in [3.05, 3.63) is 29.8 Å². The van der Waals surface area contributed by atoms with Crippen molar-refractivity contribution in [1.29, 1.82) is 5.26 Å². The zero-order chi connectivity index (χ0) is 18.7. The fourth-order valence-electron chi connectivity index (χ4n) is 3.58. The number of carbonyl (C=O) groups is 1. The van der Waals surface area contributed by atoms with E-state index in [0.717, 1.165) is 18.9 Å². The van der Waals surface area contributed by atoms with Gasteiger partial charge in [0.2, 0.25) is 5.91 Å². The van der Waals surface area contributed by atoms with Crippen molar-refractivity contribution in [2.24, 2.45) is 0 Å². The molecule has 2 heterocycles. The van der Waals surface area contributed by atoms with Crippen molar-refractivity contribution >= 4 is 11.6 Å². The van der Waals surface area contributed by atoms with Crippen LogP contribution in [0.25, 0.3) is 0 Å². The van der Waals surface area contributed by atoms with Gasteiger partial charge in [-0.15, -0.1) is 0 Å². The minimum atomic E-state index is -1.14. The summed E-state index contributed by atoms with van der Waals surface area (Å²) in [5.74, 6) is -1.48. The quantitative estimate of drug-likeness (QED) is 0.885. The number of amides is 1. The van der Waals surface area contributed by atoms with Gasteiger partial charge in [0, 0.05) is 37.3 Å². The Morgan fingerprint density at radius 2 is 1.88 bits per heavy atom. The van der Waals surface area contributed by atoms with Crippen LogP contribution in [0.4, 0.5) is 18.9 Å². The number of nitriles is 1. The molecule has 0 aliphatic carbocycles. The van der Waals surface area contributed by atoms with Gasteiger partial charge >= 0.3 is 0 Å². The molecule has 1 aromatic rings. The maximum atomic E-state index is 13.4. The van der Waals surface area contributed by atoms with E-state index in [-0.39, 0.29) is 31.5 Å². The average molecular weight is 366 g/mol. The van der Waals surface area contributed by atoms with E-state index in [4.69, 9.17) is 5.26 Å². The minimum Gasteiger partial charge on any atom is -0.371 e. The summed E-state index contributed by atoms with van der Waals surface area (Å²) in [5, 5.41) is 12.2. The maximum Gasteiger partial charge on any atom is 0.237 e. The fourth-order valence-corrected chi connectivity index (χ4v) is 3.58. The molecule has 0 spiro atoms. The van der Waals surface area contributed by atoms with Crippen LogP contribution in [-0.4, -0.2) is 55.2 Å². The Kier molecular flexibility index (Phi) is 5.67. The van der Waals surface area contributed by atoms with Crippen molar-refractivity contribution in [1.82, 2.24) is 10.2 Å². The molecule has 140 valence electrons. The van der Waals surface area contributed by atoms with E-state index >= 15 is 0 Å². The van der Waals surface area contributed by atoms with Gasteiger partial charge in [0.05, 0.1) is 19.2 Å². The standard InChI is InChI=1S/C18H21F3N4O/c19-12-5-13(20)7-16(6-12)24-3-1-15(2-4-24)23-10-18(26)25-11-14(21)8-17(25)9-22/h5-7,14-15,17,23H,1-4,8,10-11H2. The summed E-state index contributed by atoms with van der Waals surface area (Å²) in [7, 11) is 0. The number of anilines is 1. The molecule has 26 heavy (non-hydrogen) atoms. The number of halogens is 3.